The quantitative estimate of drug-likeness (QED) is 0.802. The number of pyridine rings is 1. The van der Waals surface area contributed by atoms with Gasteiger partial charge in [0.15, 0.2) is 0 Å². The van der Waals surface area contributed by atoms with Crippen molar-refractivity contribution in [2.24, 2.45) is 0 Å². The molecule has 1 N–H and O–H groups in total. The maximum atomic E-state index is 12.3. The number of aliphatic hydroxyl groups excluding tert-OH is 1. The number of esters is 1. The molecule has 0 aliphatic carbocycles. The number of amides is 1. The molecule has 1 aliphatic rings. The van der Waals surface area contributed by atoms with Crippen molar-refractivity contribution in [3.63, 3.8) is 0 Å². The van der Waals surface area contributed by atoms with E-state index >= 15 is 0 Å². The Labute approximate surface area is 160 Å². The Morgan fingerprint density at radius 1 is 1.30 bits per heavy atom. The minimum atomic E-state index is -0.567. The molecule has 0 radical (unpaired) electrons. The highest BCUT2D eigenvalue weighted by Crippen LogP contribution is 2.24. The number of methoxy groups -OCH3 is 1. The van der Waals surface area contributed by atoms with Crippen molar-refractivity contribution in [3.8, 4) is 0 Å². The molecule has 0 saturated carbocycles. The summed E-state index contributed by atoms with van der Waals surface area (Å²) >= 11 is 0. The highest BCUT2D eigenvalue weighted by atomic mass is 16.6. The Kier molecular flexibility index (Phi) is 6.30. The number of aliphatic hydroxyl groups is 1. The first kappa shape index (κ1) is 21.0. The van der Waals surface area contributed by atoms with Gasteiger partial charge >= 0.3 is 12.1 Å². The summed E-state index contributed by atoms with van der Waals surface area (Å²) in [5.41, 5.74) is 1.22. The van der Waals surface area contributed by atoms with Crippen LogP contribution in [0.3, 0.4) is 0 Å². The minimum absolute atomic E-state index is 0.127. The van der Waals surface area contributed by atoms with Crippen molar-refractivity contribution < 1.29 is 24.2 Å². The van der Waals surface area contributed by atoms with Crippen LogP contribution in [0.25, 0.3) is 0 Å². The number of ether oxygens (including phenoxy) is 2. The first-order chi connectivity index (χ1) is 12.6. The Bertz CT molecular complexity index is 691. The molecule has 8 nitrogen and oxygen atoms in total. The van der Waals surface area contributed by atoms with Crippen LogP contribution in [-0.4, -0.2) is 72.0 Å². The Hall–Kier alpha value is -2.35. The number of carbonyl (C=O) groups is 2. The van der Waals surface area contributed by atoms with Gasteiger partial charge in [0.05, 0.1) is 31.0 Å². The number of hydrogen-bond donors (Lipinski definition) is 1. The molecular weight excluding hydrogens is 350 g/mol. The van der Waals surface area contributed by atoms with Crippen molar-refractivity contribution in [2.45, 2.75) is 46.3 Å². The number of aryl methyl sites for hydroxylation is 2. The van der Waals surface area contributed by atoms with E-state index in [1.807, 2.05) is 38.7 Å². The Balaban J connectivity index is 2.21. The second-order valence-corrected chi connectivity index (χ2v) is 7.71. The smallest absolute Gasteiger partial charge is 0.410 e. The molecule has 150 valence electrons. The summed E-state index contributed by atoms with van der Waals surface area (Å²) < 4.78 is 10.2. The molecule has 1 amide bonds. The lowest BCUT2D eigenvalue weighted by Gasteiger charge is -2.41. The van der Waals surface area contributed by atoms with Crippen molar-refractivity contribution in [1.82, 2.24) is 9.88 Å². The van der Waals surface area contributed by atoms with Crippen LogP contribution in [0.5, 0.6) is 0 Å². The third kappa shape index (κ3) is 4.88. The maximum absolute atomic E-state index is 12.3. The van der Waals surface area contributed by atoms with Gasteiger partial charge in [0.25, 0.3) is 0 Å². The van der Waals surface area contributed by atoms with Gasteiger partial charge in [0, 0.05) is 19.6 Å². The molecule has 2 rings (SSSR count). The molecule has 1 aromatic heterocycles. The van der Waals surface area contributed by atoms with E-state index in [1.165, 1.54) is 7.11 Å². The van der Waals surface area contributed by atoms with Crippen LogP contribution in [-0.2, 0) is 9.47 Å². The summed E-state index contributed by atoms with van der Waals surface area (Å²) in [5, 5.41) is 9.85. The lowest BCUT2D eigenvalue weighted by atomic mass is 10.1. The fraction of sp³-hybridized carbons (Fsp3) is 0.632. The van der Waals surface area contributed by atoms with Crippen molar-refractivity contribution >= 4 is 17.9 Å². The summed E-state index contributed by atoms with van der Waals surface area (Å²) in [7, 11) is 1.34. The summed E-state index contributed by atoms with van der Waals surface area (Å²) in [6, 6.07) is 1.51. The Morgan fingerprint density at radius 3 is 2.48 bits per heavy atom. The van der Waals surface area contributed by atoms with Gasteiger partial charge in [-0.05, 0) is 46.2 Å². The molecular formula is C19H29N3O5. The maximum Gasteiger partial charge on any atom is 0.410 e. The van der Waals surface area contributed by atoms with Crippen molar-refractivity contribution in [1.29, 1.82) is 0 Å². The largest absolute Gasteiger partial charge is 0.465 e. The van der Waals surface area contributed by atoms with Gasteiger partial charge in [-0.2, -0.15) is 0 Å². The van der Waals surface area contributed by atoms with Gasteiger partial charge in [-0.1, -0.05) is 0 Å². The standard InChI is InChI=1S/C19H29N3O5/c1-12-9-15(20-13(2)16(12)17(24)26-6)22-8-7-21(10-14(22)11-23)18(25)27-19(3,4)5/h9,14,23H,7-8,10-11H2,1-6H3. The molecule has 1 atom stereocenters. The molecule has 0 aromatic carbocycles. The first-order valence-electron chi connectivity index (χ1n) is 8.99. The molecule has 1 aliphatic heterocycles. The van der Waals surface area contributed by atoms with E-state index in [9.17, 15) is 14.7 Å². The zero-order chi connectivity index (χ0) is 20.4. The predicted octanol–water partition coefficient (Wildman–Crippen LogP) is 1.90. The summed E-state index contributed by atoms with van der Waals surface area (Å²) in [6.45, 7) is 10.2. The van der Waals surface area contributed by atoms with Gasteiger partial charge in [0.2, 0.25) is 0 Å². The van der Waals surface area contributed by atoms with Crippen LogP contribution in [0.2, 0.25) is 0 Å². The first-order valence-corrected chi connectivity index (χ1v) is 8.99. The van der Waals surface area contributed by atoms with Crippen LogP contribution in [0.15, 0.2) is 6.07 Å². The third-order valence-electron chi connectivity index (χ3n) is 4.41. The monoisotopic (exact) mass is 379 g/mol. The highest BCUT2D eigenvalue weighted by molar-refractivity contribution is 5.92. The number of hydrogen-bond acceptors (Lipinski definition) is 7. The number of anilines is 1. The van der Waals surface area contributed by atoms with E-state index in [4.69, 9.17) is 9.47 Å². The molecule has 1 aromatic rings. The van der Waals surface area contributed by atoms with E-state index in [1.54, 1.807) is 11.8 Å². The number of carbonyl (C=O) groups excluding carboxylic acids is 2. The summed E-state index contributed by atoms with van der Waals surface area (Å²) in [6.07, 6.45) is -0.387. The molecule has 27 heavy (non-hydrogen) atoms. The van der Waals surface area contributed by atoms with E-state index < -0.39 is 11.6 Å². The number of rotatable bonds is 3. The molecule has 1 fully saturated rings. The second kappa shape index (κ2) is 8.12. The molecule has 0 bridgehead atoms. The zero-order valence-electron chi connectivity index (χ0n) is 16.9. The highest BCUT2D eigenvalue weighted by Gasteiger charge is 2.33. The van der Waals surface area contributed by atoms with Gasteiger partial charge in [-0.3, -0.25) is 0 Å². The number of piperazine rings is 1. The van der Waals surface area contributed by atoms with Crippen LogP contribution in [0.4, 0.5) is 10.6 Å². The average Bonchev–Trinajstić information content (AvgIpc) is 2.58. The summed E-state index contributed by atoms with van der Waals surface area (Å²) in [5.74, 6) is 0.248. The SMILES string of the molecule is COC(=O)c1c(C)cc(N2CCN(C(=O)OC(C)(C)C)CC2CO)nc1C. The van der Waals surface area contributed by atoms with E-state index in [0.717, 1.165) is 5.56 Å². The van der Waals surface area contributed by atoms with Crippen LogP contribution >= 0.6 is 0 Å². The average molecular weight is 379 g/mol. The van der Waals surface area contributed by atoms with Crippen LogP contribution in [0, 0.1) is 13.8 Å². The zero-order valence-corrected chi connectivity index (χ0v) is 16.9. The predicted molar refractivity (Wildman–Crippen MR) is 101 cm³/mol. The molecule has 1 unspecified atom stereocenters. The van der Waals surface area contributed by atoms with Crippen LogP contribution in [0.1, 0.15) is 42.4 Å². The van der Waals surface area contributed by atoms with E-state index in [2.05, 4.69) is 4.98 Å². The normalized spacial score (nSPS) is 17.7. The van der Waals surface area contributed by atoms with Gasteiger partial charge in [-0.25, -0.2) is 14.6 Å². The van der Waals surface area contributed by atoms with Gasteiger partial charge in [-0.15, -0.1) is 0 Å². The van der Waals surface area contributed by atoms with E-state index in [0.29, 0.717) is 36.7 Å². The third-order valence-corrected chi connectivity index (χ3v) is 4.41. The number of aromatic nitrogens is 1. The van der Waals surface area contributed by atoms with Gasteiger partial charge < -0.3 is 24.4 Å². The number of nitrogens with zero attached hydrogens (tertiary/aromatic N) is 3. The minimum Gasteiger partial charge on any atom is -0.465 e. The fourth-order valence-electron chi connectivity index (χ4n) is 3.17. The summed E-state index contributed by atoms with van der Waals surface area (Å²) in [4.78, 5) is 32.3. The second-order valence-electron chi connectivity index (χ2n) is 7.71. The lowest BCUT2D eigenvalue weighted by molar-refractivity contribution is 0.0196. The van der Waals surface area contributed by atoms with Crippen LogP contribution < -0.4 is 4.90 Å². The molecule has 8 heteroatoms. The fourth-order valence-corrected chi connectivity index (χ4v) is 3.17. The lowest BCUT2D eigenvalue weighted by Crippen LogP contribution is -2.57. The van der Waals surface area contributed by atoms with Crippen molar-refractivity contribution in [3.05, 3.63) is 22.9 Å². The van der Waals surface area contributed by atoms with Gasteiger partial charge in [0.1, 0.15) is 11.4 Å². The molecule has 0 spiro atoms. The molecule has 1 saturated heterocycles. The van der Waals surface area contributed by atoms with E-state index in [-0.39, 0.29) is 18.7 Å². The van der Waals surface area contributed by atoms with Crippen molar-refractivity contribution in [2.75, 3.05) is 38.3 Å². The molecule has 2 heterocycles. The topological polar surface area (TPSA) is 92.2 Å². The Morgan fingerprint density at radius 2 is 1.96 bits per heavy atom.